The van der Waals surface area contributed by atoms with Crippen molar-refractivity contribution in [2.75, 3.05) is 7.11 Å². The molecule has 4 rings (SSSR count). The van der Waals surface area contributed by atoms with Crippen LogP contribution in [0, 0.1) is 5.92 Å². The Bertz CT molecular complexity index is 1210. The summed E-state index contributed by atoms with van der Waals surface area (Å²) in [6.45, 7) is 0.243. The van der Waals surface area contributed by atoms with Crippen molar-refractivity contribution in [3.63, 3.8) is 0 Å². The topological polar surface area (TPSA) is 66.8 Å². The molecule has 0 spiro atoms. The standard InChI is InChI=1S/C26H20F6O3.CH4O.Y/c27-25(28,29)19-10-16(11-20(13-19)26(30,31)32)9-18-4-3-17-12-22(7-8-23(17)24(18)34)35-14-15-1-5-21(33)6-2-15;1-2;/h1-2,5-8,10-13,18,33H,3-4,9,14H2;2H,1H3;. The zero-order valence-corrected chi connectivity index (χ0v) is 23.1. The molecule has 0 aliphatic heterocycles. The molecular weight excluding hydrogens is 591 g/mol. The van der Waals surface area contributed by atoms with E-state index in [0.717, 1.165) is 18.2 Å². The summed E-state index contributed by atoms with van der Waals surface area (Å²) >= 11 is 0. The van der Waals surface area contributed by atoms with Crippen LogP contribution in [0.3, 0.4) is 0 Å². The van der Waals surface area contributed by atoms with Crippen molar-refractivity contribution in [2.45, 2.75) is 38.2 Å². The number of Topliss-reactive ketones (excluding diaryl/α,β-unsaturated/α-hetero) is 1. The molecule has 2 N–H and O–H groups in total. The van der Waals surface area contributed by atoms with Gasteiger partial charge in [0.05, 0.1) is 11.1 Å². The van der Waals surface area contributed by atoms with Crippen LogP contribution in [0.4, 0.5) is 26.3 Å². The molecule has 1 radical (unpaired) electrons. The molecule has 0 heterocycles. The predicted octanol–water partition coefficient (Wildman–Crippen LogP) is 6.60. The summed E-state index contributed by atoms with van der Waals surface area (Å²) in [6.07, 6.45) is -9.35. The number of aliphatic hydroxyl groups is 1. The number of aliphatic hydroxyl groups excluding tert-OH is 1. The van der Waals surface area contributed by atoms with Gasteiger partial charge in [-0.1, -0.05) is 12.1 Å². The van der Waals surface area contributed by atoms with Crippen LogP contribution in [0.25, 0.3) is 0 Å². The predicted molar refractivity (Wildman–Crippen MR) is 123 cm³/mol. The van der Waals surface area contributed by atoms with E-state index >= 15 is 0 Å². The Balaban J connectivity index is 0.00000165. The fourth-order valence-electron chi connectivity index (χ4n) is 4.16. The van der Waals surface area contributed by atoms with Crippen LogP contribution >= 0.6 is 0 Å². The number of rotatable bonds is 5. The molecule has 1 unspecified atom stereocenters. The first-order valence-electron chi connectivity index (χ1n) is 11.2. The Morgan fingerprint density at radius 2 is 1.42 bits per heavy atom. The average molecular weight is 615 g/mol. The molecule has 11 heteroatoms. The van der Waals surface area contributed by atoms with Crippen LogP contribution < -0.4 is 4.74 Å². The first-order chi connectivity index (χ1) is 17.4. The number of carbonyl (C=O) groups excluding carboxylic acids is 1. The summed E-state index contributed by atoms with van der Waals surface area (Å²) in [6, 6.07) is 12.8. The molecule has 0 amide bonds. The zero-order valence-electron chi connectivity index (χ0n) is 20.2. The van der Waals surface area contributed by atoms with E-state index in [1.165, 1.54) is 12.1 Å². The number of hydrogen-bond donors (Lipinski definition) is 2. The van der Waals surface area contributed by atoms with Crippen molar-refractivity contribution in [3.05, 3.63) is 94.0 Å². The molecule has 0 saturated carbocycles. The largest absolute Gasteiger partial charge is 0.508 e. The van der Waals surface area contributed by atoms with Crippen molar-refractivity contribution in [1.82, 2.24) is 0 Å². The van der Waals surface area contributed by atoms with Gasteiger partial charge in [0.1, 0.15) is 18.1 Å². The number of halogens is 6. The van der Waals surface area contributed by atoms with Gasteiger partial charge in [-0.15, -0.1) is 0 Å². The Morgan fingerprint density at radius 3 is 1.97 bits per heavy atom. The van der Waals surface area contributed by atoms with E-state index in [1.54, 1.807) is 30.3 Å². The van der Waals surface area contributed by atoms with Crippen LogP contribution in [-0.4, -0.2) is 23.1 Å². The molecule has 0 fully saturated rings. The minimum atomic E-state index is -4.93. The molecule has 3 aromatic rings. The van der Waals surface area contributed by atoms with E-state index in [4.69, 9.17) is 9.84 Å². The maximum atomic E-state index is 13.2. The van der Waals surface area contributed by atoms with Crippen LogP contribution in [0.15, 0.2) is 60.7 Å². The molecule has 0 bridgehead atoms. The van der Waals surface area contributed by atoms with Crippen molar-refractivity contribution >= 4 is 5.78 Å². The number of alkyl halides is 6. The van der Waals surface area contributed by atoms with E-state index in [0.29, 0.717) is 36.3 Å². The quantitative estimate of drug-likeness (QED) is 0.318. The van der Waals surface area contributed by atoms with Gasteiger partial charge in [0.15, 0.2) is 5.78 Å². The number of ketones is 1. The van der Waals surface area contributed by atoms with Gasteiger partial charge in [0, 0.05) is 51.3 Å². The maximum Gasteiger partial charge on any atom is 0.416 e. The van der Waals surface area contributed by atoms with Gasteiger partial charge < -0.3 is 14.9 Å². The van der Waals surface area contributed by atoms with Crippen molar-refractivity contribution in [2.24, 2.45) is 5.92 Å². The van der Waals surface area contributed by atoms with E-state index in [1.807, 2.05) is 0 Å². The summed E-state index contributed by atoms with van der Waals surface area (Å²) in [7, 11) is 1.00. The first-order valence-corrected chi connectivity index (χ1v) is 11.2. The van der Waals surface area contributed by atoms with Gasteiger partial charge >= 0.3 is 12.4 Å². The molecule has 1 aliphatic carbocycles. The first kappa shape index (κ1) is 31.8. The molecule has 1 aliphatic rings. The zero-order chi connectivity index (χ0) is 27.4. The molecule has 201 valence electrons. The number of phenols is 1. The Kier molecular flexibility index (Phi) is 10.9. The average Bonchev–Trinajstić information content (AvgIpc) is 2.85. The Hall–Kier alpha value is -2.43. The van der Waals surface area contributed by atoms with Gasteiger partial charge in [0.25, 0.3) is 0 Å². The molecule has 0 saturated heterocycles. The summed E-state index contributed by atoms with van der Waals surface area (Å²) in [4.78, 5) is 13.0. The van der Waals surface area contributed by atoms with Crippen molar-refractivity contribution < 1.29 is 78.8 Å². The molecular formula is C27H24F6O4Y. The third kappa shape index (κ3) is 8.04. The van der Waals surface area contributed by atoms with E-state index < -0.39 is 29.4 Å². The maximum absolute atomic E-state index is 13.2. The molecule has 3 aromatic carbocycles. The Morgan fingerprint density at radius 1 is 0.842 bits per heavy atom. The number of phenolic OH excluding ortho intramolecular Hbond substituents is 1. The fraction of sp³-hybridized carbons (Fsp3) is 0.296. The summed E-state index contributed by atoms with van der Waals surface area (Å²) < 4.78 is 84.7. The van der Waals surface area contributed by atoms with E-state index in [9.17, 15) is 36.2 Å². The van der Waals surface area contributed by atoms with Crippen molar-refractivity contribution in [3.8, 4) is 11.5 Å². The third-order valence-electron chi connectivity index (χ3n) is 5.95. The number of fused-ring (bicyclic) bond motifs is 1. The van der Waals surface area contributed by atoms with E-state index in [-0.39, 0.29) is 68.9 Å². The second-order valence-electron chi connectivity index (χ2n) is 8.49. The van der Waals surface area contributed by atoms with Crippen LogP contribution in [0.5, 0.6) is 11.5 Å². The molecule has 38 heavy (non-hydrogen) atoms. The van der Waals surface area contributed by atoms with Crippen LogP contribution in [0.2, 0.25) is 0 Å². The Labute approximate surface area is 240 Å². The van der Waals surface area contributed by atoms with Crippen molar-refractivity contribution in [1.29, 1.82) is 0 Å². The minimum absolute atomic E-state index is 0. The summed E-state index contributed by atoms with van der Waals surface area (Å²) in [5.41, 5.74) is -1.02. The number of hydrogen-bond acceptors (Lipinski definition) is 4. The van der Waals surface area contributed by atoms with Crippen LogP contribution in [-0.2, 0) is 64.5 Å². The number of benzene rings is 3. The second kappa shape index (κ2) is 13.1. The normalized spacial score (nSPS) is 15.1. The monoisotopic (exact) mass is 615 g/mol. The smallest absolute Gasteiger partial charge is 0.416 e. The van der Waals surface area contributed by atoms with Gasteiger partial charge in [-0.25, -0.2) is 0 Å². The number of aromatic hydroxyl groups is 1. The number of aryl methyl sites for hydroxylation is 1. The van der Waals surface area contributed by atoms with Gasteiger partial charge in [-0.3, -0.25) is 4.79 Å². The van der Waals surface area contributed by atoms with Gasteiger partial charge in [-0.2, -0.15) is 26.3 Å². The minimum Gasteiger partial charge on any atom is -0.508 e. The number of carbonyl (C=O) groups is 1. The number of ether oxygens (including phenoxy) is 1. The van der Waals surface area contributed by atoms with Gasteiger partial charge in [-0.05, 0) is 84.5 Å². The van der Waals surface area contributed by atoms with E-state index in [2.05, 4.69) is 0 Å². The summed E-state index contributed by atoms with van der Waals surface area (Å²) in [5, 5.41) is 16.3. The van der Waals surface area contributed by atoms with Gasteiger partial charge in [0.2, 0.25) is 0 Å². The fourth-order valence-corrected chi connectivity index (χ4v) is 4.16. The molecule has 0 aromatic heterocycles. The van der Waals surface area contributed by atoms with Crippen LogP contribution in [0.1, 0.15) is 44.6 Å². The third-order valence-corrected chi connectivity index (χ3v) is 5.95. The molecule has 4 nitrogen and oxygen atoms in total. The summed E-state index contributed by atoms with van der Waals surface area (Å²) in [5.74, 6) is -0.385. The molecule has 1 atom stereocenters. The second-order valence-corrected chi connectivity index (χ2v) is 8.49. The SMILES string of the molecule is CO.O=C1c2ccc(OCc3ccc(O)cc3)cc2CCC1Cc1cc(C(F)(F)F)cc(C(F)(F)F)c1.[Y].